The first-order chi connectivity index (χ1) is 12.2. The summed E-state index contributed by atoms with van der Waals surface area (Å²) in [5.74, 6) is 4.08. The van der Waals surface area contributed by atoms with Gasteiger partial charge in [-0.15, -0.1) is 0 Å². The molecule has 138 valence electrons. The zero-order valence-corrected chi connectivity index (χ0v) is 15.2. The molecule has 2 aliphatic heterocycles. The maximum Gasteiger partial charge on any atom is 0.236 e. The lowest BCUT2D eigenvalue weighted by Crippen LogP contribution is -2.59. The molecule has 0 spiro atoms. The van der Waals surface area contributed by atoms with Crippen molar-refractivity contribution >= 4 is 11.8 Å². The minimum atomic E-state index is 0.208. The number of hydrogen-bond donors (Lipinski definition) is 1. The summed E-state index contributed by atoms with van der Waals surface area (Å²) < 4.78 is 0. The molecule has 25 heavy (non-hydrogen) atoms. The molecule has 4 bridgehead atoms. The Hall–Kier alpha value is -1.10. The average Bonchev–Trinajstić information content (AvgIpc) is 2.61. The summed E-state index contributed by atoms with van der Waals surface area (Å²) in [6, 6.07) is 0.240. The van der Waals surface area contributed by atoms with Gasteiger partial charge in [-0.2, -0.15) is 0 Å². The molecular formula is C20H31N3O2. The third-order valence-electron chi connectivity index (χ3n) is 7.79. The minimum Gasteiger partial charge on any atom is -0.340 e. The Morgan fingerprint density at radius 1 is 1.00 bits per heavy atom. The zero-order chi connectivity index (χ0) is 17.0. The molecule has 6 fully saturated rings. The van der Waals surface area contributed by atoms with Gasteiger partial charge in [0.1, 0.15) is 0 Å². The summed E-state index contributed by atoms with van der Waals surface area (Å²) in [6.07, 6.45) is 8.74. The predicted molar refractivity (Wildman–Crippen MR) is 94.7 cm³/mol. The molecule has 5 heteroatoms. The lowest BCUT2D eigenvalue weighted by molar-refractivity contribution is -0.153. The highest BCUT2D eigenvalue weighted by Crippen LogP contribution is 2.56. The molecule has 2 amide bonds. The highest BCUT2D eigenvalue weighted by molar-refractivity contribution is 5.81. The van der Waals surface area contributed by atoms with E-state index in [1.807, 2.05) is 4.90 Å². The van der Waals surface area contributed by atoms with Crippen LogP contribution < -0.4 is 5.32 Å². The van der Waals surface area contributed by atoms with Gasteiger partial charge in [-0.05, 0) is 68.6 Å². The second-order valence-corrected chi connectivity index (χ2v) is 9.30. The molecule has 6 aliphatic rings. The smallest absolute Gasteiger partial charge is 0.236 e. The van der Waals surface area contributed by atoms with Crippen LogP contribution in [0.2, 0.25) is 0 Å². The van der Waals surface area contributed by atoms with E-state index in [2.05, 4.69) is 10.2 Å². The van der Waals surface area contributed by atoms with E-state index in [-0.39, 0.29) is 11.9 Å². The van der Waals surface area contributed by atoms with Crippen LogP contribution in [0.3, 0.4) is 0 Å². The summed E-state index contributed by atoms with van der Waals surface area (Å²) in [6.45, 7) is 3.81. The monoisotopic (exact) mass is 345 g/mol. The Balaban J connectivity index is 1.28. The topological polar surface area (TPSA) is 52.7 Å². The third kappa shape index (κ3) is 2.79. The van der Waals surface area contributed by atoms with Crippen molar-refractivity contribution in [3.63, 3.8) is 0 Å². The SMILES string of the molecule is O=C(C1C2CC3CC(C2)CC1C3)N1CCCC(N2CCNCC2=O)C1. The van der Waals surface area contributed by atoms with Crippen LogP contribution in [0, 0.1) is 29.6 Å². The molecule has 1 unspecified atom stereocenters. The molecule has 2 saturated heterocycles. The molecule has 6 rings (SSSR count). The van der Waals surface area contributed by atoms with Crippen molar-refractivity contribution in [2.45, 2.75) is 51.0 Å². The highest BCUT2D eigenvalue weighted by atomic mass is 16.2. The molecule has 5 nitrogen and oxygen atoms in total. The second-order valence-electron chi connectivity index (χ2n) is 9.30. The Labute approximate surface area is 150 Å². The van der Waals surface area contributed by atoms with Gasteiger partial charge < -0.3 is 15.1 Å². The first-order valence-electron chi connectivity index (χ1n) is 10.5. The average molecular weight is 345 g/mol. The van der Waals surface area contributed by atoms with Gasteiger partial charge in [-0.25, -0.2) is 0 Å². The van der Waals surface area contributed by atoms with Crippen LogP contribution in [0.5, 0.6) is 0 Å². The second kappa shape index (κ2) is 6.26. The molecule has 0 aromatic rings. The van der Waals surface area contributed by atoms with Gasteiger partial charge in [-0.3, -0.25) is 9.59 Å². The van der Waals surface area contributed by atoms with E-state index in [0.717, 1.165) is 50.9 Å². The van der Waals surface area contributed by atoms with E-state index in [1.54, 1.807) is 0 Å². The molecular weight excluding hydrogens is 314 g/mol. The maximum atomic E-state index is 13.4. The fraction of sp³-hybridized carbons (Fsp3) is 0.900. The van der Waals surface area contributed by atoms with Crippen molar-refractivity contribution in [1.29, 1.82) is 0 Å². The van der Waals surface area contributed by atoms with Gasteiger partial charge in [0.25, 0.3) is 0 Å². The van der Waals surface area contributed by atoms with Crippen LogP contribution in [-0.2, 0) is 9.59 Å². The van der Waals surface area contributed by atoms with E-state index < -0.39 is 0 Å². The van der Waals surface area contributed by atoms with Gasteiger partial charge in [0.2, 0.25) is 11.8 Å². The molecule has 0 radical (unpaired) electrons. The summed E-state index contributed by atoms with van der Waals surface area (Å²) >= 11 is 0. The predicted octanol–water partition coefficient (Wildman–Crippen LogP) is 1.48. The number of nitrogens with zero attached hydrogens (tertiary/aromatic N) is 2. The summed E-state index contributed by atoms with van der Waals surface area (Å²) in [5.41, 5.74) is 0. The Morgan fingerprint density at radius 3 is 2.40 bits per heavy atom. The molecule has 4 saturated carbocycles. The lowest BCUT2D eigenvalue weighted by Gasteiger charge is -2.55. The van der Waals surface area contributed by atoms with Crippen molar-refractivity contribution in [3.05, 3.63) is 0 Å². The summed E-state index contributed by atoms with van der Waals surface area (Å²) in [7, 11) is 0. The third-order valence-corrected chi connectivity index (χ3v) is 7.79. The first-order valence-corrected chi connectivity index (χ1v) is 10.5. The standard InChI is InChI=1S/C20H31N3O2/c24-18-11-21-3-5-23(18)17-2-1-4-22(12-17)20(25)19-15-7-13-6-14(9-15)10-16(19)8-13/h13-17,19,21H,1-12H2. The van der Waals surface area contributed by atoms with Crippen LogP contribution >= 0.6 is 0 Å². The normalized spacial score (nSPS) is 43.6. The van der Waals surface area contributed by atoms with Crippen LogP contribution in [0.1, 0.15) is 44.9 Å². The van der Waals surface area contributed by atoms with Crippen molar-refractivity contribution in [1.82, 2.24) is 15.1 Å². The summed E-state index contributed by atoms with van der Waals surface area (Å²) in [5, 5.41) is 3.15. The van der Waals surface area contributed by atoms with Gasteiger partial charge >= 0.3 is 0 Å². The van der Waals surface area contributed by atoms with Crippen molar-refractivity contribution in [3.8, 4) is 0 Å². The fourth-order valence-corrected chi connectivity index (χ4v) is 6.96. The molecule has 0 aromatic heterocycles. The Morgan fingerprint density at radius 2 is 1.72 bits per heavy atom. The van der Waals surface area contributed by atoms with Crippen LogP contribution in [0.25, 0.3) is 0 Å². The van der Waals surface area contributed by atoms with Crippen molar-refractivity contribution < 1.29 is 9.59 Å². The number of carbonyl (C=O) groups excluding carboxylic acids is 2. The first kappa shape index (κ1) is 16.1. The number of rotatable bonds is 2. The molecule has 2 heterocycles. The highest BCUT2D eigenvalue weighted by Gasteiger charge is 2.51. The van der Waals surface area contributed by atoms with Gasteiger partial charge in [0.15, 0.2) is 0 Å². The molecule has 4 aliphatic carbocycles. The quantitative estimate of drug-likeness (QED) is 0.825. The largest absolute Gasteiger partial charge is 0.340 e. The fourth-order valence-electron chi connectivity index (χ4n) is 6.96. The molecule has 0 aromatic carbocycles. The van der Waals surface area contributed by atoms with Gasteiger partial charge in [0, 0.05) is 38.1 Å². The van der Waals surface area contributed by atoms with Gasteiger partial charge in [0.05, 0.1) is 6.54 Å². The zero-order valence-electron chi connectivity index (χ0n) is 15.2. The van der Waals surface area contributed by atoms with Crippen LogP contribution in [-0.4, -0.2) is 60.4 Å². The number of nitrogens with one attached hydrogen (secondary N) is 1. The minimum absolute atomic E-state index is 0.208. The van der Waals surface area contributed by atoms with Crippen LogP contribution in [0.4, 0.5) is 0 Å². The van der Waals surface area contributed by atoms with E-state index >= 15 is 0 Å². The lowest BCUT2D eigenvalue weighted by atomic mass is 9.51. The Kier molecular flexibility index (Phi) is 4.03. The Bertz CT molecular complexity index is 535. The van der Waals surface area contributed by atoms with E-state index in [9.17, 15) is 9.59 Å². The maximum absolute atomic E-state index is 13.4. The van der Waals surface area contributed by atoms with E-state index in [0.29, 0.717) is 30.2 Å². The number of carbonyl (C=O) groups is 2. The number of piperazine rings is 1. The van der Waals surface area contributed by atoms with E-state index in [1.165, 1.54) is 32.1 Å². The van der Waals surface area contributed by atoms with E-state index in [4.69, 9.17) is 0 Å². The molecule has 1 atom stereocenters. The number of piperidine rings is 1. The number of hydrogen-bond acceptors (Lipinski definition) is 3. The number of amides is 2. The molecule has 1 N–H and O–H groups in total. The van der Waals surface area contributed by atoms with Crippen molar-refractivity contribution in [2.75, 3.05) is 32.7 Å². The number of likely N-dealkylation sites (tertiary alicyclic amines) is 1. The van der Waals surface area contributed by atoms with Crippen LogP contribution in [0.15, 0.2) is 0 Å². The summed E-state index contributed by atoms with van der Waals surface area (Å²) in [4.78, 5) is 29.8. The van der Waals surface area contributed by atoms with Crippen molar-refractivity contribution in [2.24, 2.45) is 29.6 Å². The van der Waals surface area contributed by atoms with Gasteiger partial charge in [-0.1, -0.05) is 0 Å².